The molecule has 32 heavy (non-hydrogen) atoms. The predicted octanol–water partition coefficient (Wildman–Crippen LogP) is 4.90. The summed E-state index contributed by atoms with van der Waals surface area (Å²) < 4.78 is 11.1. The van der Waals surface area contributed by atoms with Gasteiger partial charge < -0.3 is 9.47 Å². The van der Waals surface area contributed by atoms with Crippen LogP contribution in [0.15, 0.2) is 66.7 Å². The Morgan fingerprint density at radius 1 is 0.906 bits per heavy atom. The first kappa shape index (κ1) is 21.3. The summed E-state index contributed by atoms with van der Waals surface area (Å²) in [7, 11) is 0. The Kier molecular flexibility index (Phi) is 5.77. The normalized spacial score (nSPS) is 12.8. The Balaban J connectivity index is 1.46. The van der Waals surface area contributed by atoms with Gasteiger partial charge in [0.25, 0.3) is 11.8 Å². The van der Waals surface area contributed by atoms with Gasteiger partial charge in [-0.2, -0.15) is 0 Å². The zero-order chi connectivity index (χ0) is 22.8. The van der Waals surface area contributed by atoms with E-state index < -0.39 is 17.8 Å². The minimum absolute atomic E-state index is 0.223. The highest BCUT2D eigenvalue weighted by molar-refractivity contribution is 6.34. The van der Waals surface area contributed by atoms with E-state index >= 15 is 0 Å². The van der Waals surface area contributed by atoms with Gasteiger partial charge in [-0.25, -0.2) is 9.69 Å². The molecule has 0 spiro atoms. The molecule has 0 unspecified atom stereocenters. The molecule has 1 heterocycles. The lowest BCUT2D eigenvalue weighted by molar-refractivity contribution is -0.136. The van der Waals surface area contributed by atoms with Crippen molar-refractivity contribution in [2.24, 2.45) is 0 Å². The van der Waals surface area contributed by atoms with E-state index in [1.54, 1.807) is 42.5 Å². The molecule has 0 saturated heterocycles. The molecule has 2 amide bonds. The molecule has 0 aliphatic carbocycles. The van der Waals surface area contributed by atoms with E-state index in [-0.39, 0.29) is 18.3 Å². The molecule has 4 rings (SSSR count). The van der Waals surface area contributed by atoms with Gasteiger partial charge in [-0.3, -0.25) is 9.59 Å². The van der Waals surface area contributed by atoms with Gasteiger partial charge in [0.1, 0.15) is 11.5 Å². The first-order valence-corrected chi connectivity index (χ1v) is 10.4. The number of hydrogen-bond donors (Lipinski definition) is 0. The van der Waals surface area contributed by atoms with Crippen molar-refractivity contribution in [1.29, 1.82) is 0 Å². The van der Waals surface area contributed by atoms with Crippen LogP contribution >= 0.6 is 0 Å². The van der Waals surface area contributed by atoms with Crippen molar-refractivity contribution in [2.45, 2.75) is 26.7 Å². The minimum Gasteiger partial charge on any atom is -0.482 e. The summed E-state index contributed by atoms with van der Waals surface area (Å²) in [6, 6.07) is 18.9. The number of hydrogen-bond acceptors (Lipinski definition) is 5. The number of anilines is 1. The fourth-order valence-corrected chi connectivity index (χ4v) is 3.65. The van der Waals surface area contributed by atoms with E-state index in [1.807, 2.05) is 25.1 Å². The third-order valence-corrected chi connectivity index (χ3v) is 5.24. The van der Waals surface area contributed by atoms with Gasteiger partial charge in [-0.05, 0) is 54.3 Å². The van der Waals surface area contributed by atoms with Crippen LogP contribution in [0.3, 0.4) is 0 Å². The van der Waals surface area contributed by atoms with E-state index in [4.69, 9.17) is 9.47 Å². The summed E-state index contributed by atoms with van der Waals surface area (Å²) >= 11 is 0. The van der Waals surface area contributed by atoms with Crippen molar-refractivity contribution in [1.82, 2.24) is 0 Å². The van der Waals surface area contributed by atoms with Crippen molar-refractivity contribution >= 4 is 23.5 Å². The summed E-state index contributed by atoms with van der Waals surface area (Å²) in [6.45, 7) is 5.81. The zero-order valence-corrected chi connectivity index (χ0v) is 18.1. The molecule has 3 aromatic rings. The topological polar surface area (TPSA) is 72.9 Å². The Morgan fingerprint density at radius 2 is 1.59 bits per heavy atom. The number of imide groups is 1. The maximum absolute atomic E-state index is 12.7. The Morgan fingerprint density at radius 3 is 2.25 bits per heavy atom. The molecule has 0 aromatic heterocycles. The number of carbonyl (C=O) groups is 3. The Hall–Kier alpha value is -3.93. The highest BCUT2D eigenvalue weighted by Crippen LogP contribution is 2.31. The third kappa shape index (κ3) is 4.12. The molecule has 0 radical (unpaired) electrons. The number of amides is 2. The van der Waals surface area contributed by atoms with Crippen LogP contribution in [0.25, 0.3) is 0 Å². The summed E-state index contributed by atoms with van der Waals surface area (Å²) in [4.78, 5) is 38.9. The minimum atomic E-state index is -0.583. The number of benzene rings is 3. The predicted molar refractivity (Wildman–Crippen MR) is 120 cm³/mol. The lowest BCUT2D eigenvalue weighted by Crippen LogP contribution is -2.29. The van der Waals surface area contributed by atoms with E-state index in [0.717, 1.165) is 16.0 Å². The maximum Gasteiger partial charge on any atom is 0.349 e. The highest BCUT2D eigenvalue weighted by Gasteiger charge is 2.36. The van der Waals surface area contributed by atoms with E-state index in [0.29, 0.717) is 22.6 Å². The number of rotatable bonds is 6. The number of esters is 1. The van der Waals surface area contributed by atoms with Gasteiger partial charge in [0.2, 0.25) is 0 Å². The molecular formula is C26H23NO5. The molecule has 0 fully saturated rings. The summed E-state index contributed by atoms with van der Waals surface area (Å²) in [5.74, 6) is -0.271. The second kappa shape index (κ2) is 8.67. The molecule has 1 aliphatic rings. The molecule has 3 aromatic carbocycles. The van der Waals surface area contributed by atoms with Gasteiger partial charge in [0.05, 0.1) is 16.8 Å². The van der Waals surface area contributed by atoms with Crippen LogP contribution in [0, 0.1) is 6.92 Å². The Bertz CT molecular complexity index is 1180. The number of fused-ring (bicyclic) bond motifs is 1. The van der Waals surface area contributed by atoms with Gasteiger partial charge in [-0.1, -0.05) is 44.2 Å². The van der Waals surface area contributed by atoms with Crippen LogP contribution < -0.4 is 14.4 Å². The van der Waals surface area contributed by atoms with Crippen molar-refractivity contribution in [3.05, 3.63) is 89.0 Å². The summed E-state index contributed by atoms with van der Waals surface area (Å²) in [5.41, 5.74) is 3.09. The summed E-state index contributed by atoms with van der Waals surface area (Å²) in [5, 5.41) is 0. The van der Waals surface area contributed by atoms with Crippen LogP contribution in [0.4, 0.5) is 5.69 Å². The standard InChI is InChI=1S/C26H23NO5/c1-16(2)20-12-11-17(3)13-23(20)31-15-24(28)32-19-8-6-7-18(14-19)27-25(29)21-9-4-5-10-22(21)26(27)30/h4-14,16H,15H2,1-3H3. The van der Waals surface area contributed by atoms with E-state index in [9.17, 15) is 14.4 Å². The number of aryl methyl sites for hydroxylation is 1. The molecule has 6 nitrogen and oxygen atoms in total. The lowest BCUT2D eigenvalue weighted by Gasteiger charge is -2.16. The average molecular weight is 429 g/mol. The first-order valence-electron chi connectivity index (χ1n) is 10.4. The number of ether oxygens (including phenoxy) is 2. The van der Waals surface area contributed by atoms with Crippen LogP contribution in [0.1, 0.15) is 51.6 Å². The van der Waals surface area contributed by atoms with Gasteiger partial charge >= 0.3 is 5.97 Å². The van der Waals surface area contributed by atoms with Crippen molar-refractivity contribution < 1.29 is 23.9 Å². The molecule has 162 valence electrons. The maximum atomic E-state index is 12.7. The molecule has 6 heteroatoms. The van der Waals surface area contributed by atoms with Crippen molar-refractivity contribution in [3.63, 3.8) is 0 Å². The second-order valence-corrected chi connectivity index (χ2v) is 7.95. The molecular weight excluding hydrogens is 406 g/mol. The smallest absolute Gasteiger partial charge is 0.349 e. The quantitative estimate of drug-likeness (QED) is 0.316. The zero-order valence-electron chi connectivity index (χ0n) is 18.1. The molecule has 0 bridgehead atoms. The summed E-state index contributed by atoms with van der Waals surface area (Å²) in [6.07, 6.45) is 0. The van der Waals surface area contributed by atoms with E-state index in [2.05, 4.69) is 13.8 Å². The second-order valence-electron chi connectivity index (χ2n) is 7.95. The molecule has 1 aliphatic heterocycles. The SMILES string of the molecule is Cc1ccc(C(C)C)c(OCC(=O)Oc2cccc(N3C(=O)c4ccccc4C3=O)c2)c1. The fraction of sp³-hybridized carbons (Fsp3) is 0.192. The monoisotopic (exact) mass is 429 g/mol. The molecule has 0 saturated carbocycles. The number of carbonyl (C=O) groups excluding carboxylic acids is 3. The first-order chi connectivity index (χ1) is 15.3. The van der Waals surface area contributed by atoms with Gasteiger partial charge in [-0.15, -0.1) is 0 Å². The molecule has 0 atom stereocenters. The third-order valence-electron chi connectivity index (χ3n) is 5.24. The van der Waals surface area contributed by atoms with Crippen LogP contribution in [0.2, 0.25) is 0 Å². The lowest BCUT2D eigenvalue weighted by atomic mass is 10.0. The van der Waals surface area contributed by atoms with Crippen LogP contribution in [-0.4, -0.2) is 24.4 Å². The number of nitrogens with zero attached hydrogens (tertiary/aromatic N) is 1. The average Bonchev–Trinajstić information content (AvgIpc) is 3.03. The largest absolute Gasteiger partial charge is 0.482 e. The highest BCUT2D eigenvalue weighted by atomic mass is 16.6. The van der Waals surface area contributed by atoms with Crippen molar-refractivity contribution in [2.75, 3.05) is 11.5 Å². The van der Waals surface area contributed by atoms with Gasteiger partial charge in [0.15, 0.2) is 6.61 Å². The molecule has 0 N–H and O–H groups in total. The Labute approximate surface area is 186 Å². The fourth-order valence-electron chi connectivity index (χ4n) is 3.65. The van der Waals surface area contributed by atoms with Crippen LogP contribution in [0.5, 0.6) is 11.5 Å². The van der Waals surface area contributed by atoms with Gasteiger partial charge in [0, 0.05) is 6.07 Å². The van der Waals surface area contributed by atoms with E-state index in [1.165, 1.54) is 6.07 Å². The van der Waals surface area contributed by atoms with Crippen molar-refractivity contribution in [3.8, 4) is 11.5 Å². The van der Waals surface area contributed by atoms with Crippen LogP contribution in [-0.2, 0) is 4.79 Å².